The molecule has 0 spiro atoms. The Morgan fingerprint density at radius 1 is 1.30 bits per heavy atom. The van der Waals surface area contributed by atoms with Crippen LogP contribution in [0.15, 0.2) is 33.5 Å². The molecule has 1 fully saturated rings. The summed E-state index contributed by atoms with van der Waals surface area (Å²) in [6, 6.07) is 7.77. The van der Waals surface area contributed by atoms with E-state index in [9.17, 15) is 9.59 Å². The van der Waals surface area contributed by atoms with Gasteiger partial charge in [0.25, 0.3) is 0 Å². The molecule has 23 heavy (non-hydrogen) atoms. The fourth-order valence-electron chi connectivity index (χ4n) is 3.02. The lowest BCUT2D eigenvalue weighted by molar-refractivity contribution is -0.120. The minimum absolute atomic E-state index is 0.0880. The number of nitrogens with zero attached hydrogens (tertiary/aromatic N) is 1. The third-order valence-corrected chi connectivity index (χ3v) is 4.52. The van der Waals surface area contributed by atoms with Gasteiger partial charge in [-0.3, -0.25) is 9.69 Å². The molecule has 0 bridgehead atoms. The summed E-state index contributed by atoms with van der Waals surface area (Å²) in [5.41, 5.74) is 2.48. The van der Waals surface area contributed by atoms with Crippen LogP contribution in [0.2, 0.25) is 0 Å². The van der Waals surface area contributed by atoms with Gasteiger partial charge in [0.1, 0.15) is 5.58 Å². The first-order valence-corrected chi connectivity index (χ1v) is 8.13. The molecule has 1 aliphatic heterocycles. The van der Waals surface area contributed by atoms with Crippen molar-refractivity contribution in [2.24, 2.45) is 0 Å². The van der Waals surface area contributed by atoms with E-state index >= 15 is 0 Å². The van der Waals surface area contributed by atoms with Crippen LogP contribution in [0.25, 0.3) is 11.0 Å². The molecule has 3 rings (SSSR count). The molecule has 1 saturated heterocycles. The summed E-state index contributed by atoms with van der Waals surface area (Å²) in [5.74, 6) is 0.0880. The molecule has 1 atom stereocenters. The second kappa shape index (κ2) is 6.54. The third-order valence-electron chi connectivity index (χ3n) is 4.52. The lowest BCUT2D eigenvalue weighted by Crippen LogP contribution is -2.37. The van der Waals surface area contributed by atoms with Crippen molar-refractivity contribution in [2.75, 3.05) is 13.1 Å². The van der Waals surface area contributed by atoms with E-state index in [4.69, 9.17) is 4.42 Å². The van der Waals surface area contributed by atoms with Crippen molar-refractivity contribution in [3.05, 3.63) is 45.8 Å². The van der Waals surface area contributed by atoms with Crippen molar-refractivity contribution in [2.45, 2.75) is 39.3 Å². The first-order valence-electron chi connectivity index (χ1n) is 8.13. The zero-order valence-corrected chi connectivity index (χ0v) is 13.6. The summed E-state index contributed by atoms with van der Waals surface area (Å²) < 4.78 is 5.32. The number of carbonyl (C=O) groups excluding carboxylic acids is 1. The number of hydrogen-bond acceptors (Lipinski definition) is 4. The van der Waals surface area contributed by atoms with E-state index in [0.29, 0.717) is 31.6 Å². The maximum Gasteiger partial charge on any atom is 0.336 e. The predicted molar refractivity (Wildman–Crippen MR) is 89.4 cm³/mol. The number of fused-ring (bicyclic) bond motifs is 1. The van der Waals surface area contributed by atoms with Gasteiger partial charge < -0.3 is 9.73 Å². The molecule has 1 aromatic heterocycles. The fourth-order valence-corrected chi connectivity index (χ4v) is 3.02. The van der Waals surface area contributed by atoms with Crippen LogP contribution in [0.1, 0.15) is 31.4 Å². The highest BCUT2D eigenvalue weighted by Crippen LogP contribution is 2.22. The zero-order valence-electron chi connectivity index (χ0n) is 13.6. The summed E-state index contributed by atoms with van der Waals surface area (Å²) in [5, 5.41) is 3.90. The normalized spacial score (nSPS) is 19.6. The van der Waals surface area contributed by atoms with Crippen LogP contribution < -0.4 is 10.9 Å². The van der Waals surface area contributed by atoms with E-state index in [-0.39, 0.29) is 17.6 Å². The van der Waals surface area contributed by atoms with Gasteiger partial charge in [-0.05, 0) is 36.6 Å². The van der Waals surface area contributed by atoms with Crippen molar-refractivity contribution in [1.29, 1.82) is 0 Å². The maximum absolute atomic E-state index is 11.9. The second-order valence-electron chi connectivity index (χ2n) is 6.15. The zero-order chi connectivity index (χ0) is 16.4. The smallest absolute Gasteiger partial charge is 0.336 e. The Balaban J connectivity index is 1.97. The van der Waals surface area contributed by atoms with Gasteiger partial charge in [-0.15, -0.1) is 0 Å². The van der Waals surface area contributed by atoms with Crippen molar-refractivity contribution < 1.29 is 9.21 Å². The molecule has 1 aliphatic rings. The Morgan fingerprint density at radius 3 is 2.91 bits per heavy atom. The summed E-state index contributed by atoms with van der Waals surface area (Å²) >= 11 is 0. The van der Waals surface area contributed by atoms with E-state index < -0.39 is 0 Å². The van der Waals surface area contributed by atoms with Gasteiger partial charge >= 0.3 is 5.63 Å². The van der Waals surface area contributed by atoms with E-state index in [1.807, 2.05) is 12.1 Å². The molecule has 0 radical (unpaired) electrons. The Morgan fingerprint density at radius 2 is 2.13 bits per heavy atom. The second-order valence-corrected chi connectivity index (χ2v) is 6.15. The number of benzene rings is 1. The molecule has 0 saturated carbocycles. The molecule has 2 aromatic rings. The molecular formula is C18H22N2O3. The molecule has 1 N–H and O–H groups in total. The molecule has 122 valence electrons. The summed E-state index contributed by atoms with van der Waals surface area (Å²) in [7, 11) is 0. The van der Waals surface area contributed by atoms with E-state index in [1.165, 1.54) is 5.56 Å². The lowest BCUT2D eigenvalue weighted by Gasteiger charge is -2.26. The number of carbonyl (C=O) groups is 1. The van der Waals surface area contributed by atoms with Crippen molar-refractivity contribution >= 4 is 16.9 Å². The van der Waals surface area contributed by atoms with E-state index in [0.717, 1.165) is 17.4 Å². The van der Waals surface area contributed by atoms with Crippen LogP contribution in [-0.4, -0.2) is 29.9 Å². The monoisotopic (exact) mass is 314 g/mol. The van der Waals surface area contributed by atoms with Crippen LogP contribution in [0.5, 0.6) is 0 Å². The Hall–Kier alpha value is -2.14. The number of hydrogen-bond donors (Lipinski definition) is 1. The molecular weight excluding hydrogens is 292 g/mol. The molecule has 1 amide bonds. The first-order chi connectivity index (χ1) is 11.1. The SMILES string of the molecule is CCc1ccc2oc(=O)cc(CN3CCC(=O)NCC3C)c2c1. The Labute approximate surface area is 135 Å². The van der Waals surface area contributed by atoms with Crippen molar-refractivity contribution in [1.82, 2.24) is 10.2 Å². The van der Waals surface area contributed by atoms with Gasteiger partial charge in [0.2, 0.25) is 5.91 Å². The molecule has 1 unspecified atom stereocenters. The Bertz CT molecular complexity index is 781. The molecule has 0 aliphatic carbocycles. The predicted octanol–water partition coefficient (Wildman–Crippen LogP) is 2.07. The lowest BCUT2D eigenvalue weighted by atomic mass is 10.0. The van der Waals surface area contributed by atoms with Gasteiger partial charge in [0.15, 0.2) is 0 Å². The topological polar surface area (TPSA) is 62.6 Å². The largest absolute Gasteiger partial charge is 0.423 e. The van der Waals surface area contributed by atoms with Crippen LogP contribution >= 0.6 is 0 Å². The summed E-state index contributed by atoms with van der Waals surface area (Å²) in [6.07, 6.45) is 1.43. The highest BCUT2D eigenvalue weighted by Gasteiger charge is 2.21. The van der Waals surface area contributed by atoms with Gasteiger partial charge in [-0.25, -0.2) is 4.79 Å². The minimum atomic E-state index is -0.326. The van der Waals surface area contributed by atoms with Crippen LogP contribution in [0.3, 0.4) is 0 Å². The summed E-state index contributed by atoms with van der Waals surface area (Å²) in [4.78, 5) is 25.7. The average molecular weight is 314 g/mol. The summed E-state index contributed by atoms with van der Waals surface area (Å²) in [6.45, 7) is 6.18. The molecule has 5 nitrogen and oxygen atoms in total. The van der Waals surface area contributed by atoms with Crippen molar-refractivity contribution in [3.8, 4) is 0 Å². The van der Waals surface area contributed by atoms with Gasteiger partial charge in [0.05, 0.1) is 0 Å². The van der Waals surface area contributed by atoms with Crippen LogP contribution in [0, 0.1) is 0 Å². The average Bonchev–Trinajstić information content (AvgIpc) is 2.70. The van der Waals surface area contributed by atoms with Crippen LogP contribution in [0.4, 0.5) is 0 Å². The van der Waals surface area contributed by atoms with Crippen molar-refractivity contribution in [3.63, 3.8) is 0 Å². The number of rotatable bonds is 3. The van der Waals surface area contributed by atoms with Crippen LogP contribution in [-0.2, 0) is 17.8 Å². The maximum atomic E-state index is 11.9. The van der Waals surface area contributed by atoms with E-state index in [2.05, 4.69) is 30.1 Å². The molecule has 2 heterocycles. The number of aryl methyl sites for hydroxylation is 1. The number of amides is 1. The standard InChI is InChI=1S/C18H22N2O3/c1-3-13-4-5-16-15(8-13)14(9-18(22)23-16)11-20-7-6-17(21)19-10-12(20)2/h4-5,8-9,12H,3,6-7,10-11H2,1-2H3,(H,19,21). The van der Waals surface area contributed by atoms with Gasteiger partial charge in [0, 0.05) is 43.5 Å². The quantitative estimate of drug-likeness (QED) is 0.881. The molecule has 1 aromatic carbocycles. The first kappa shape index (κ1) is 15.7. The highest BCUT2D eigenvalue weighted by atomic mass is 16.4. The van der Waals surface area contributed by atoms with Gasteiger partial charge in [-0.1, -0.05) is 13.0 Å². The van der Waals surface area contributed by atoms with Gasteiger partial charge in [-0.2, -0.15) is 0 Å². The Kier molecular flexibility index (Phi) is 4.48. The molecule has 5 heteroatoms. The number of nitrogens with one attached hydrogen (secondary N) is 1. The van der Waals surface area contributed by atoms with E-state index in [1.54, 1.807) is 6.07 Å². The highest BCUT2D eigenvalue weighted by molar-refractivity contribution is 5.81. The fraction of sp³-hybridized carbons (Fsp3) is 0.444. The minimum Gasteiger partial charge on any atom is -0.423 e. The third kappa shape index (κ3) is 3.45.